The maximum atomic E-state index is 11.7. The Hall–Kier alpha value is -2.88. The van der Waals surface area contributed by atoms with Crippen LogP contribution in [0.5, 0.6) is 0 Å². The third kappa shape index (κ3) is 2.87. The Labute approximate surface area is 108 Å². The van der Waals surface area contributed by atoms with E-state index in [4.69, 9.17) is 5.26 Å². The number of para-hydroxylation sites is 1. The van der Waals surface area contributed by atoms with Crippen molar-refractivity contribution in [3.8, 4) is 6.07 Å². The Kier molecular flexibility index (Phi) is 3.43. The second-order valence-electron chi connectivity index (χ2n) is 3.92. The zero-order chi connectivity index (χ0) is 13.8. The summed E-state index contributed by atoms with van der Waals surface area (Å²) in [5.74, 6) is -0.987. The lowest BCUT2D eigenvalue weighted by Gasteiger charge is -2.09. The van der Waals surface area contributed by atoms with Crippen LogP contribution >= 0.6 is 0 Å². The maximum Gasteiger partial charge on any atom is 0.322 e. The molecule has 3 N–H and O–H groups in total. The molecule has 4 amide bonds. The first kappa shape index (κ1) is 12.6. The normalized spacial score (nSPS) is 17.3. The summed E-state index contributed by atoms with van der Waals surface area (Å²) in [5, 5.41) is 15.8. The molecule has 19 heavy (non-hydrogen) atoms. The summed E-state index contributed by atoms with van der Waals surface area (Å²) in [4.78, 5) is 33.9. The first-order valence-electron chi connectivity index (χ1n) is 5.50. The highest BCUT2D eigenvalue weighted by molar-refractivity contribution is 6.06. The number of anilines is 1. The number of nitrogens with zero attached hydrogens (tertiary/aromatic N) is 1. The van der Waals surface area contributed by atoms with E-state index in [1.807, 2.05) is 11.4 Å². The molecule has 1 unspecified atom stereocenters. The minimum atomic E-state index is -0.873. The fourth-order valence-electron chi connectivity index (χ4n) is 1.68. The molecule has 2 rings (SSSR count). The number of hydrogen-bond donors (Lipinski definition) is 3. The van der Waals surface area contributed by atoms with Gasteiger partial charge in [0.1, 0.15) is 12.1 Å². The van der Waals surface area contributed by atoms with Gasteiger partial charge in [-0.3, -0.25) is 14.9 Å². The number of imide groups is 1. The van der Waals surface area contributed by atoms with E-state index in [2.05, 4.69) is 10.6 Å². The van der Waals surface area contributed by atoms with Crippen LogP contribution in [0.15, 0.2) is 24.3 Å². The molecule has 7 heteroatoms. The van der Waals surface area contributed by atoms with Crippen LogP contribution in [0.2, 0.25) is 0 Å². The first-order valence-corrected chi connectivity index (χ1v) is 5.50. The van der Waals surface area contributed by atoms with Gasteiger partial charge in [-0.25, -0.2) is 4.79 Å². The van der Waals surface area contributed by atoms with Crippen molar-refractivity contribution in [2.45, 2.75) is 12.5 Å². The largest absolute Gasteiger partial charge is 0.325 e. The highest BCUT2D eigenvalue weighted by Gasteiger charge is 2.31. The fraction of sp³-hybridized carbons (Fsp3) is 0.167. The van der Waals surface area contributed by atoms with Gasteiger partial charge >= 0.3 is 6.03 Å². The minimum Gasteiger partial charge on any atom is -0.325 e. The molecule has 1 aliphatic heterocycles. The number of nitrogens with one attached hydrogen (secondary N) is 3. The molecule has 0 spiro atoms. The molecule has 0 aliphatic carbocycles. The van der Waals surface area contributed by atoms with Crippen LogP contribution in [0, 0.1) is 11.3 Å². The molecule has 0 saturated carbocycles. The number of benzene rings is 1. The lowest BCUT2D eigenvalue weighted by atomic mass is 10.1. The van der Waals surface area contributed by atoms with Gasteiger partial charge < -0.3 is 10.6 Å². The minimum absolute atomic E-state index is 0.183. The number of hydrogen-bond acceptors (Lipinski definition) is 4. The molecule has 1 aromatic carbocycles. The Morgan fingerprint density at radius 1 is 1.37 bits per heavy atom. The van der Waals surface area contributed by atoms with Gasteiger partial charge in [-0.15, -0.1) is 0 Å². The highest BCUT2D eigenvalue weighted by Crippen LogP contribution is 2.14. The van der Waals surface area contributed by atoms with Crippen LogP contribution in [-0.2, 0) is 9.59 Å². The molecule has 0 aromatic heterocycles. The zero-order valence-corrected chi connectivity index (χ0v) is 9.77. The predicted octanol–water partition coefficient (Wildman–Crippen LogP) is 0.0949. The SMILES string of the molecule is N#Cc1ccccc1NC(=O)CC1NC(=O)NC1=O. The molecule has 0 radical (unpaired) electrons. The number of urea groups is 1. The molecule has 0 bridgehead atoms. The van der Waals surface area contributed by atoms with Gasteiger partial charge in [-0.1, -0.05) is 12.1 Å². The summed E-state index contributed by atoms with van der Waals surface area (Å²) in [5.41, 5.74) is 0.704. The number of amides is 4. The Balaban J connectivity index is 2.00. The van der Waals surface area contributed by atoms with Crippen LogP contribution in [0.4, 0.5) is 10.5 Å². The average molecular weight is 258 g/mol. The van der Waals surface area contributed by atoms with Crippen molar-refractivity contribution < 1.29 is 14.4 Å². The van der Waals surface area contributed by atoms with Gasteiger partial charge in [0.15, 0.2) is 0 Å². The van der Waals surface area contributed by atoms with Gasteiger partial charge in [-0.2, -0.15) is 5.26 Å². The second kappa shape index (κ2) is 5.18. The van der Waals surface area contributed by atoms with E-state index in [1.54, 1.807) is 24.3 Å². The molecule has 96 valence electrons. The van der Waals surface area contributed by atoms with Gasteiger partial charge in [0.25, 0.3) is 5.91 Å². The third-order valence-corrected chi connectivity index (χ3v) is 2.57. The number of nitriles is 1. The van der Waals surface area contributed by atoms with E-state index in [-0.39, 0.29) is 6.42 Å². The predicted molar refractivity (Wildman–Crippen MR) is 64.9 cm³/mol. The quantitative estimate of drug-likeness (QED) is 0.667. The van der Waals surface area contributed by atoms with Gasteiger partial charge in [0.2, 0.25) is 5.91 Å². The van der Waals surface area contributed by atoms with E-state index >= 15 is 0 Å². The van der Waals surface area contributed by atoms with Crippen LogP contribution in [0.1, 0.15) is 12.0 Å². The van der Waals surface area contributed by atoms with E-state index in [1.165, 1.54) is 0 Å². The lowest BCUT2D eigenvalue weighted by molar-refractivity contribution is -0.124. The summed E-state index contributed by atoms with van der Waals surface area (Å²) in [6, 6.07) is 6.98. The molecule has 1 fully saturated rings. The van der Waals surface area contributed by atoms with Crippen LogP contribution < -0.4 is 16.0 Å². The van der Waals surface area contributed by atoms with E-state index < -0.39 is 23.9 Å². The van der Waals surface area contributed by atoms with Crippen LogP contribution in [-0.4, -0.2) is 23.9 Å². The molecule has 1 atom stereocenters. The summed E-state index contributed by atoms with van der Waals surface area (Å²) in [6.45, 7) is 0. The average Bonchev–Trinajstić information content (AvgIpc) is 2.68. The molecule has 1 heterocycles. The van der Waals surface area contributed by atoms with E-state index in [9.17, 15) is 14.4 Å². The van der Waals surface area contributed by atoms with Crippen LogP contribution in [0.25, 0.3) is 0 Å². The highest BCUT2D eigenvalue weighted by atomic mass is 16.2. The molecular weight excluding hydrogens is 248 g/mol. The third-order valence-electron chi connectivity index (χ3n) is 2.57. The van der Waals surface area contributed by atoms with E-state index in [0.717, 1.165) is 0 Å². The van der Waals surface area contributed by atoms with E-state index in [0.29, 0.717) is 11.3 Å². The van der Waals surface area contributed by atoms with Gasteiger partial charge in [0.05, 0.1) is 17.7 Å². The number of carbonyl (C=O) groups is 3. The molecule has 7 nitrogen and oxygen atoms in total. The summed E-state index contributed by atoms with van der Waals surface area (Å²) < 4.78 is 0. The van der Waals surface area contributed by atoms with Crippen molar-refractivity contribution in [3.63, 3.8) is 0 Å². The van der Waals surface area contributed by atoms with Crippen molar-refractivity contribution in [1.29, 1.82) is 5.26 Å². The molecular formula is C12H10N4O3. The number of carbonyl (C=O) groups excluding carboxylic acids is 3. The fourth-order valence-corrected chi connectivity index (χ4v) is 1.68. The van der Waals surface area contributed by atoms with Crippen molar-refractivity contribution in [2.75, 3.05) is 5.32 Å². The van der Waals surface area contributed by atoms with Gasteiger partial charge in [0, 0.05) is 0 Å². The molecule has 1 aliphatic rings. The summed E-state index contributed by atoms with van der Waals surface area (Å²) >= 11 is 0. The Bertz CT molecular complexity index is 591. The smallest absolute Gasteiger partial charge is 0.322 e. The Morgan fingerprint density at radius 2 is 2.11 bits per heavy atom. The monoisotopic (exact) mass is 258 g/mol. The number of rotatable bonds is 3. The summed E-state index contributed by atoms with van der Waals surface area (Å²) in [6.07, 6.45) is -0.183. The summed E-state index contributed by atoms with van der Waals surface area (Å²) in [7, 11) is 0. The molecule has 1 saturated heterocycles. The zero-order valence-electron chi connectivity index (χ0n) is 9.77. The maximum absolute atomic E-state index is 11.7. The first-order chi connectivity index (χ1) is 9.10. The van der Waals surface area contributed by atoms with Gasteiger partial charge in [-0.05, 0) is 12.1 Å². The molecule has 1 aromatic rings. The Morgan fingerprint density at radius 3 is 2.74 bits per heavy atom. The second-order valence-corrected chi connectivity index (χ2v) is 3.92. The van der Waals surface area contributed by atoms with Crippen molar-refractivity contribution >= 4 is 23.5 Å². The lowest BCUT2D eigenvalue weighted by Crippen LogP contribution is -2.33. The topological polar surface area (TPSA) is 111 Å². The van der Waals surface area contributed by atoms with Crippen LogP contribution in [0.3, 0.4) is 0 Å². The standard InChI is InChI=1S/C12H10N4O3/c13-6-7-3-1-2-4-8(7)14-10(17)5-9-11(18)16-12(19)15-9/h1-4,9H,5H2,(H,14,17)(H2,15,16,18,19). The van der Waals surface area contributed by atoms with Crippen molar-refractivity contribution in [3.05, 3.63) is 29.8 Å². The van der Waals surface area contributed by atoms with Crippen molar-refractivity contribution in [2.24, 2.45) is 0 Å². The van der Waals surface area contributed by atoms with Crippen molar-refractivity contribution in [1.82, 2.24) is 10.6 Å².